The van der Waals surface area contributed by atoms with Crippen LogP contribution in [0.15, 0.2) is 18.3 Å². The molecule has 0 unspecified atom stereocenters. The van der Waals surface area contributed by atoms with Crippen LogP contribution in [0.1, 0.15) is 37.7 Å². The van der Waals surface area contributed by atoms with Crippen molar-refractivity contribution in [3.63, 3.8) is 0 Å². The first kappa shape index (κ1) is 13.4. The number of carbonyl (C=O) groups is 2. The van der Waals surface area contributed by atoms with Gasteiger partial charge in [-0.1, -0.05) is 36.9 Å². The average Bonchev–Trinajstić information content (AvgIpc) is 2.66. The highest BCUT2D eigenvalue weighted by atomic mass is 35.5. The number of hydrogen-bond donors (Lipinski definition) is 1. The van der Waals surface area contributed by atoms with E-state index >= 15 is 0 Å². The summed E-state index contributed by atoms with van der Waals surface area (Å²) in [5, 5.41) is 3.21. The molecule has 1 saturated heterocycles. The first-order chi connectivity index (χ1) is 9.62. The number of hydrogen-bond acceptors (Lipinski definition) is 3. The minimum atomic E-state index is -0.677. The van der Waals surface area contributed by atoms with Crippen molar-refractivity contribution in [2.24, 2.45) is 0 Å². The third-order valence-corrected chi connectivity index (χ3v) is 4.46. The number of pyridine rings is 1. The van der Waals surface area contributed by atoms with Crippen LogP contribution in [-0.4, -0.2) is 27.4 Å². The van der Waals surface area contributed by atoms with E-state index in [4.69, 9.17) is 11.6 Å². The molecule has 20 heavy (non-hydrogen) atoms. The fourth-order valence-corrected chi connectivity index (χ4v) is 3.20. The number of nitrogens with one attached hydrogen (secondary N) is 1. The minimum absolute atomic E-state index is 0.123. The topological polar surface area (TPSA) is 62.3 Å². The number of rotatable bonds is 2. The summed E-state index contributed by atoms with van der Waals surface area (Å²) in [4.78, 5) is 29.9. The van der Waals surface area contributed by atoms with Crippen molar-refractivity contribution in [2.45, 2.75) is 44.2 Å². The summed E-state index contributed by atoms with van der Waals surface area (Å²) in [7, 11) is 0. The number of amides is 3. The molecule has 1 N–H and O–H groups in total. The molecule has 1 spiro atoms. The Morgan fingerprint density at radius 2 is 2.05 bits per heavy atom. The fraction of sp³-hybridized carbons (Fsp3) is 0.500. The Morgan fingerprint density at radius 1 is 1.30 bits per heavy atom. The lowest BCUT2D eigenvalue weighted by molar-refractivity contribution is -0.132. The summed E-state index contributed by atoms with van der Waals surface area (Å²) in [6.07, 6.45) is 6.13. The van der Waals surface area contributed by atoms with Crippen LogP contribution < -0.4 is 5.32 Å². The Bertz CT molecular complexity index is 555. The van der Waals surface area contributed by atoms with Gasteiger partial charge in [0.15, 0.2) is 0 Å². The molecule has 3 amide bonds. The SMILES string of the molecule is O=C1NC2(CCCCC2)C(=O)N1Cc1cccnc1Cl. The van der Waals surface area contributed by atoms with Crippen molar-refractivity contribution < 1.29 is 9.59 Å². The van der Waals surface area contributed by atoms with Gasteiger partial charge < -0.3 is 5.32 Å². The highest BCUT2D eigenvalue weighted by Gasteiger charge is 2.51. The fourth-order valence-electron chi connectivity index (χ4n) is 3.02. The van der Waals surface area contributed by atoms with Crippen LogP contribution in [0, 0.1) is 0 Å². The van der Waals surface area contributed by atoms with E-state index in [2.05, 4.69) is 10.3 Å². The number of halogens is 1. The number of carbonyl (C=O) groups excluding carboxylic acids is 2. The molecule has 0 radical (unpaired) electrons. The van der Waals surface area contributed by atoms with Gasteiger partial charge in [0.25, 0.3) is 5.91 Å². The van der Waals surface area contributed by atoms with Gasteiger partial charge in [0.1, 0.15) is 10.7 Å². The Kier molecular flexibility index (Phi) is 3.38. The predicted molar refractivity (Wildman–Crippen MR) is 74.1 cm³/mol. The van der Waals surface area contributed by atoms with Crippen molar-refractivity contribution in [3.8, 4) is 0 Å². The van der Waals surface area contributed by atoms with Gasteiger partial charge >= 0.3 is 6.03 Å². The maximum absolute atomic E-state index is 12.6. The zero-order valence-corrected chi connectivity index (χ0v) is 11.8. The molecule has 5 nitrogen and oxygen atoms in total. The van der Waals surface area contributed by atoms with Gasteiger partial charge in [0, 0.05) is 11.8 Å². The van der Waals surface area contributed by atoms with Crippen LogP contribution in [0.4, 0.5) is 4.79 Å². The molecule has 2 fully saturated rings. The largest absolute Gasteiger partial charge is 0.325 e. The predicted octanol–water partition coefficient (Wildman–Crippen LogP) is 2.49. The maximum Gasteiger partial charge on any atom is 0.325 e. The standard InChI is InChI=1S/C14H16ClN3O2/c15-11-10(5-4-8-16-11)9-18-12(19)14(17-13(18)20)6-2-1-3-7-14/h4-5,8H,1-3,6-7,9H2,(H,17,20). The molecule has 106 valence electrons. The molecule has 1 aromatic heterocycles. The monoisotopic (exact) mass is 293 g/mol. The van der Waals surface area contributed by atoms with Crippen molar-refractivity contribution >= 4 is 23.5 Å². The van der Waals surface area contributed by atoms with E-state index in [0.717, 1.165) is 32.1 Å². The quantitative estimate of drug-likeness (QED) is 0.673. The van der Waals surface area contributed by atoms with E-state index in [9.17, 15) is 9.59 Å². The maximum atomic E-state index is 12.6. The van der Waals surface area contributed by atoms with E-state index in [-0.39, 0.29) is 18.5 Å². The van der Waals surface area contributed by atoms with Crippen LogP contribution in [0.5, 0.6) is 0 Å². The normalized spacial score (nSPS) is 21.4. The lowest BCUT2D eigenvalue weighted by atomic mass is 9.82. The summed E-state index contributed by atoms with van der Waals surface area (Å²) in [5.41, 5.74) is 0.00910. The lowest BCUT2D eigenvalue weighted by Crippen LogP contribution is -2.48. The Balaban J connectivity index is 1.82. The third-order valence-electron chi connectivity index (χ3n) is 4.12. The molecule has 6 heteroatoms. The highest BCUT2D eigenvalue weighted by Crippen LogP contribution is 2.34. The Morgan fingerprint density at radius 3 is 2.75 bits per heavy atom. The zero-order chi connectivity index (χ0) is 14.2. The van der Waals surface area contributed by atoms with Crippen LogP contribution in [0.25, 0.3) is 0 Å². The van der Waals surface area contributed by atoms with E-state index < -0.39 is 5.54 Å². The Labute approximate surface area is 122 Å². The van der Waals surface area contributed by atoms with Crippen molar-refractivity contribution in [1.82, 2.24) is 15.2 Å². The summed E-state index contributed by atoms with van der Waals surface area (Å²) in [6.45, 7) is 0.180. The number of nitrogens with zero attached hydrogens (tertiary/aromatic N) is 2. The van der Waals surface area contributed by atoms with Crippen molar-refractivity contribution in [2.75, 3.05) is 0 Å². The molecule has 3 rings (SSSR count). The summed E-state index contributed by atoms with van der Waals surface area (Å²) < 4.78 is 0. The van der Waals surface area contributed by atoms with Gasteiger partial charge in [-0.25, -0.2) is 9.78 Å². The van der Waals surface area contributed by atoms with Gasteiger partial charge in [-0.15, -0.1) is 0 Å². The second-order valence-electron chi connectivity index (χ2n) is 5.42. The van der Waals surface area contributed by atoms with E-state index in [1.165, 1.54) is 4.90 Å². The first-order valence-electron chi connectivity index (χ1n) is 6.86. The number of urea groups is 1. The summed E-state index contributed by atoms with van der Waals surface area (Å²) >= 11 is 5.99. The summed E-state index contributed by atoms with van der Waals surface area (Å²) in [6, 6.07) is 3.20. The molecular weight excluding hydrogens is 278 g/mol. The molecule has 1 aliphatic carbocycles. The molecule has 2 aliphatic rings. The second-order valence-corrected chi connectivity index (χ2v) is 5.78. The highest BCUT2D eigenvalue weighted by molar-refractivity contribution is 6.30. The molecule has 1 aromatic rings. The van der Waals surface area contributed by atoms with Crippen LogP contribution in [0.2, 0.25) is 5.15 Å². The van der Waals surface area contributed by atoms with Gasteiger partial charge in [0.05, 0.1) is 6.54 Å². The smallest absolute Gasteiger partial charge is 0.323 e. The van der Waals surface area contributed by atoms with Crippen LogP contribution >= 0.6 is 11.6 Å². The zero-order valence-electron chi connectivity index (χ0n) is 11.1. The van der Waals surface area contributed by atoms with Gasteiger partial charge in [-0.3, -0.25) is 9.69 Å². The van der Waals surface area contributed by atoms with Crippen LogP contribution in [0.3, 0.4) is 0 Å². The molecule has 0 atom stereocenters. The third kappa shape index (κ3) is 2.16. The van der Waals surface area contributed by atoms with E-state index in [0.29, 0.717) is 10.7 Å². The molecular formula is C14H16ClN3O2. The number of aromatic nitrogens is 1. The molecule has 1 saturated carbocycles. The molecule has 2 heterocycles. The van der Waals surface area contributed by atoms with Gasteiger partial charge in [0.2, 0.25) is 0 Å². The lowest BCUT2D eigenvalue weighted by Gasteiger charge is -2.30. The second kappa shape index (κ2) is 5.05. The number of imide groups is 1. The van der Waals surface area contributed by atoms with Gasteiger partial charge in [-0.05, 0) is 18.9 Å². The molecule has 0 aromatic carbocycles. The Hall–Kier alpha value is -1.62. The van der Waals surface area contributed by atoms with Crippen molar-refractivity contribution in [1.29, 1.82) is 0 Å². The minimum Gasteiger partial charge on any atom is -0.323 e. The molecule has 0 bridgehead atoms. The summed E-state index contributed by atoms with van der Waals surface area (Å²) in [5.74, 6) is -0.123. The van der Waals surface area contributed by atoms with Crippen molar-refractivity contribution in [3.05, 3.63) is 29.0 Å². The van der Waals surface area contributed by atoms with E-state index in [1.807, 2.05) is 0 Å². The van der Waals surface area contributed by atoms with Gasteiger partial charge in [-0.2, -0.15) is 0 Å². The molecule has 1 aliphatic heterocycles. The average molecular weight is 294 g/mol. The van der Waals surface area contributed by atoms with E-state index in [1.54, 1.807) is 18.3 Å². The first-order valence-corrected chi connectivity index (χ1v) is 7.24. The van der Waals surface area contributed by atoms with Crippen LogP contribution in [-0.2, 0) is 11.3 Å².